The number of aromatic nitrogens is 2. The molecule has 2 aromatic carbocycles. The molecule has 0 saturated carbocycles. The van der Waals surface area contributed by atoms with Crippen molar-refractivity contribution >= 4 is 23.5 Å². The average Bonchev–Trinajstić information content (AvgIpc) is 2.87. The molecular formula is C21H21N3O2S. The van der Waals surface area contributed by atoms with E-state index in [1.54, 1.807) is 23.9 Å². The number of hydrogen-bond donors (Lipinski definition) is 2. The molecule has 0 radical (unpaired) electrons. The van der Waals surface area contributed by atoms with Gasteiger partial charge in [0.15, 0.2) is 0 Å². The Morgan fingerprint density at radius 3 is 2.74 bits per heavy atom. The lowest BCUT2D eigenvalue weighted by molar-refractivity contribution is -0.113. The number of phenolic OH excluding ortho intramolecular Hbond substituents is 1. The fraction of sp³-hybridized carbons (Fsp3) is 0.238. The Kier molecular flexibility index (Phi) is 4.66. The first-order chi connectivity index (χ1) is 13.1. The predicted molar refractivity (Wildman–Crippen MR) is 109 cm³/mol. The van der Waals surface area contributed by atoms with E-state index in [-0.39, 0.29) is 16.9 Å². The Labute approximate surface area is 162 Å². The standard InChI is InChI=1S/C21H21N3O2S/c1-3-14-7-9-16(10-8-14)24-21-19(13(2)23-24)20(27-12-18(26)22-21)15-5-4-6-17(25)11-15/h4-11,20,25H,3,12H2,1-2H3,(H,22,26)/t20-/m0/s1. The molecule has 3 aromatic rings. The molecule has 1 aliphatic heterocycles. The van der Waals surface area contributed by atoms with Crippen molar-refractivity contribution in [3.05, 3.63) is 70.9 Å². The molecule has 0 saturated heterocycles. The third kappa shape index (κ3) is 3.32. The summed E-state index contributed by atoms with van der Waals surface area (Å²) in [6.45, 7) is 4.08. The lowest BCUT2D eigenvalue weighted by atomic mass is 10.0. The smallest absolute Gasteiger partial charge is 0.235 e. The van der Waals surface area contributed by atoms with Crippen LogP contribution in [0.15, 0.2) is 48.5 Å². The second-order valence-electron chi connectivity index (χ2n) is 6.61. The molecule has 2 N–H and O–H groups in total. The van der Waals surface area contributed by atoms with Crippen molar-refractivity contribution in [2.75, 3.05) is 11.1 Å². The highest BCUT2D eigenvalue weighted by Gasteiger charge is 2.30. The van der Waals surface area contributed by atoms with Crippen molar-refractivity contribution in [3.63, 3.8) is 0 Å². The Morgan fingerprint density at radius 2 is 2.04 bits per heavy atom. The van der Waals surface area contributed by atoms with Crippen LogP contribution in [0.25, 0.3) is 5.69 Å². The van der Waals surface area contributed by atoms with E-state index in [9.17, 15) is 9.90 Å². The number of aromatic hydroxyl groups is 1. The minimum Gasteiger partial charge on any atom is -0.508 e. The highest BCUT2D eigenvalue weighted by Crippen LogP contribution is 2.44. The number of phenols is 1. The molecule has 1 amide bonds. The van der Waals surface area contributed by atoms with E-state index >= 15 is 0 Å². The van der Waals surface area contributed by atoms with E-state index in [0.717, 1.165) is 28.9 Å². The summed E-state index contributed by atoms with van der Waals surface area (Å²) in [6, 6.07) is 15.4. The van der Waals surface area contributed by atoms with Crippen LogP contribution in [0, 0.1) is 6.92 Å². The lowest BCUT2D eigenvalue weighted by Gasteiger charge is -2.15. The molecule has 4 rings (SSSR count). The van der Waals surface area contributed by atoms with Gasteiger partial charge in [-0.1, -0.05) is 31.2 Å². The summed E-state index contributed by atoms with van der Waals surface area (Å²) in [5, 5.41) is 17.6. The molecular weight excluding hydrogens is 358 g/mol. The van der Waals surface area contributed by atoms with E-state index in [0.29, 0.717) is 11.6 Å². The summed E-state index contributed by atoms with van der Waals surface area (Å²) in [6.07, 6.45) is 0.976. The number of carbonyl (C=O) groups is 1. The van der Waals surface area contributed by atoms with E-state index < -0.39 is 0 Å². The minimum absolute atomic E-state index is 0.0461. The average molecular weight is 379 g/mol. The highest BCUT2D eigenvalue weighted by molar-refractivity contribution is 8.00. The number of nitrogens with one attached hydrogen (secondary N) is 1. The first kappa shape index (κ1) is 17.7. The monoisotopic (exact) mass is 379 g/mol. The van der Waals surface area contributed by atoms with Gasteiger partial charge in [0.05, 0.1) is 22.4 Å². The Bertz CT molecular complexity index is 995. The first-order valence-electron chi connectivity index (χ1n) is 8.96. The van der Waals surface area contributed by atoms with Crippen LogP contribution in [0.1, 0.15) is 34.6 Å². The third-order valence-electron chi connectivity index (χ3n) is 4.77. The molecule has 27 heavy (non-hydrogen) atoms. The number of anilines is 1. The Hall–Kier alpha value is -2.73. The molecule has 1 atom stereocenters. The summed E-state index contributed by atoms with van der Waals surface area (Å²) >= 11 is 1.55. The van der Waals surface area contributed by atoms with Crippen molar-refractivity contribution in [1.82, 2.24) is 9.78 Å². The van der Waals surface area contributed by atoms with Gasteiger partial charge in [0.25, 0.3) is 0 Å². The van der Waals surface area contributed by atoms with E-state index in [4.69, 9.17) is 5.10 Å². The molecule has 1 aromatic heterocycles. The van der Waals surface area contributed by atoms with Crippen LogP contribution in [-0.4, -0.2) is 26.5 Å². The van der Waals surface area contributed by atoms with Crippen molar-refractivity contribution in [2.24, 2.45) is 0 Å². The van der Waals surface area contributed by atoms with Crippen molar-refractivity contribution in [1.29, 1.82) is 0 Å². The molecule has 0 spiro atoms. The number of benzene rings is 2. The molecule has 0 unspecified atom stereocenters. The second-order valence-corrected chi connectivity index (χ2v) is 7.71. The Morgan fingerprint density at radius 1 is 1.26 bits per heavy atom. The third-order valence-corrected chi connectivity index (χ3v) is 6.04. The van der Waals surface area contributed by atoms with E-state index in [2.05, 4.69) is 24.4 Å². The fourth-order valence-corrected chi connectivity index (χ4v) is 4.57. The van der Waals surface area contributed by atoms with Crippen molar-refractivity contribution in [2.45, 2.75) is 25.5 Å². The summed E-state index contributed by atoms with van der Waals surface area (Å²) in [5.41, 5.74) is 4.98. The van der Waals surface area contributed by atoms with E-state index in [1.165, 1.54) is 5.56 Å². The predicted octanol–water partition coefficient (Wildman–Crippen LogP) is 4.22. The second kappa shape index (κ2) is 7.12. The van der Waals surface area contributed by atoms with Crippen LogP contribution in [0.3, 0.4) is 0 Å². The summed E-state index contributed by atoms with van der Waals surface area (Å²) in [7, 11) is 0. The van der Waals surface area contributed by atoms with Gasteiger partial charge in [-0.15, -0.1) is 11.8 Å². The molecule has 2 heterocycles. The summed E-state index contributed by atoms with van der Waals surface area (Å²) in [5.74, 6) is 1.23. The normalized spacial score (nSPS) is 16.5. The van der Waals surface area contributed by atoms with Gasteiger partial charge in [-0.3, -0.25) is 4.79 Å². The van der Waals surface area contributed by atoms with Crippen molar-refractivity contribution in [3.8, 4) is 11.4 Å². The van der Waals surface area contributed by atoms with Gasteiger partial charge in [-0.25, -0.2) is 4.68 Å². The van der Waals surface area contributed by atoms with Gasteiger partial charge in [0, 0.05) is 5.56 Å². The maximum absolute atomic E-state index is 12.4. The highest BCUT2D eigenvalue weighted by atomic mass is 32.2. The number of fused-ring (bicyclic) bond motifs is 1. The van der Waals surface area contributed by atoms with Gasteiger partial charge in [-0.05, 0) is 48.7 Å². The number of carbonyl (C=O) groups excluding carboxylic acids is 1. The lowest BCUT2D eigenvalue weighted by Crippen LogP contribution is -2.15. The van der Waals surface area contributed by atoms with E-state index in [1.807, 2.05) is 35.9 Å². The maximum atomic E-state index is 12.4. The Balaban J connectivity index is 1.86. The van der Waals surface area contributed by atoms with Crippen LogP contribution < -0.4 is 5.32 Å². The van der Waals surface area contributed by atoms with Crippen LogP contribution in [-0.2, 0) is 11.2 Å². The number of aryl methyl sites for hydroxylation is 2. The number of thioether (sulfide) groups is 1. The minimum atomic E-state index is -0.0743. The quantitative estimate of drug-likeness (QED) is 0.715. The number of hydrogen-bond acceptors (Lipinski definition) is 4. The molecule has 1 aliphatic rings. The van der Waals surface area contributed by atoms with Gasteiger partial charge in [0.1, 0.15) is 11.6 Å². The zero-order chi connectivity index (χ0) is 19.0. The van der Waals surface area contributed by atoms with Gasteiger partial charge in [0.2, 0.25) is 5.91 Å². The largest absolute Gasteiger partial charge is 0.508 e. The number of amides is 1. The fourth-order valence-electron chi connectivity index (χ4n) is 3.39. The van der Waals surface area contributed by atoms with Crippen LogP contribution in [0.4, 0.5) is 5.82 Å². The van der Waals surface area contributed by atoms with Crippen LogP contribution in [0.5, 0.6) is 5.75 Å². The number of rotatable bonds is 3. The summed E-state index contributed by atoms with van der Waals surface area (Å²) in [4.78, 5) is 12.4. The SMILES string of the molecule is CCc1ccc(-n2nc(C)c3c2NC(=O)CS[C@H]3c2cccc(O)c2)cc1. The van der Waals surface area contributed by atoms with Gasteiger partial charge in [-0.2, -0.15) is 5.10 Å². The van der Waals surface area contributed by atoms with Gasteiger partial charge < -0.3 is 10.4 Å². The van der Waals surface area contributed by atoms with Crippen LogP contribution in [0.2, 0.25) is 0 Å². The number of nitrogens with zero attached hydrogens (tertiary/aromatic N) is 2. The molecule has 0 bridgehead atoms. The zero-order valence-corrected chi connectivity index (χ0v) is 16.1. The van der Waals surface area contributed by atoms with Gasteiger partial charge >= 0.3 is 0 Å². The molecule has 138 valence electrons. The first-order valence-corrected chi connectivity index (χ1v) is 10.0. The summed E-state index contributed by atoms with van der Waals surface area (Å²) < 4.78 is 1.81. The topological polar surface area (TPSA) is 67.2 Å². The molecule has 5 nitrogen and oxygen atoms in total. The van der Waals surface area contributed by atoms with Crippen molar-refractivity contribution < 1.29 is 9.90 Å². The molecule has 0 fully saturated rings. The zero-order valence-electron chi connectivity index (χ0n) is 15.3. The molecule has 0 aliphatic carbocycles. The maximum Gasteiger partial charge on any atom is 0.235 e. The van der Waals surface area contributed by atoms with Crippen LogP contribution >= 0.6 is 11.8 Å². The molecule has 6 heteroatoms.